The third-order valence-electron chi connectivity index (χ3n) is 3.33. The minimum atomic E-state index is -1.08. The fraction of sp³-hybridized carbons (Fsp3) is 0.462. The van der Waals surface area contributed by atoms with Crippen LogP contribution in [0.2, 0.25) is 10.0 Å². The quantitative estimate of drug-likeness (QED) is 0.897. The van der Waals surface area contributed by atoms with E-state index < -0.39 is 12.1 Å². The third kappa shape index (κ3) is 3.20. The molecule has 1 aliphatic rings. The Balaban J connectivity index is 2.11. The van der Waals surface area contributed by atoms with E-state index in [1.54, 1.807) is 17.0 Å². The molecule has 19 heavy (non-hydrogen) atoms. The second-order valence-corrected chi connectivity index (χ2v) is 5.49. The summed E-state index contributed by atoms with van der Waals surface area (Å²) in [6, 6.07) is 3.76. The summed E-state index contributed by atoms with van der Waals surface area (Å²) in [4.78, 5) is 13.8. The molecule has 6 heteroatoms. The standard InChI is InChI=1S/C13H16Cl2N2O2/c14-9-4-3-8(7-10(9)15)12(18)11(16)13(19)17-5-1-2-6-17/h3-4,7,11-12,18H,1-2,5-6,16H2/t11-,12+/m0/s1. The molecule has 2 atom stereocenters. The maximum Gasteiger partial charge on any atom is 0.242 e. The van der Waals surface area contributed by atoms with Crippen molar-refractivity contribution in [2.24, 2.45) is 5.73 Å². The average molecular weight is 303 g/mol. The zero-order chi connectivity index (χ0) is 14.0. The summed E-state index contributed by atoms with van der Waals surface area (Å²) in [6.45, 7) is 1.42. The van der Waals surface area contributed by atoms with E-state index in [-0.39, 0.29) is 5.91 Å². The summed E-state index contributed by atoms with van der Waals surface area (Å²) in [7, 11) is 0. The summed E-state index contributed by atoms with van der Waals surface area (Å²) in [5.41, 5.74) is 6.34. The zero-order valence-corrected chi connectivity index (χ0v) is 11.9. The van der Waals surface area contributed by atoms with E-state index in [1.165, 1.54) is 6.07 Å². The highest BCUT2D eigenvalue weighted by atomic mass is 35.5. The highest BCUT2D eigenvalue weighted by Gasteiger charge is 2.29. The minimum Gasteiger partial charge on any atom is -0.386 e. The first kappa shape index (κ1) is 14.6. The maximum absolute atomic E-state index is 12.1. The molecule has 1 saturated heterocycles. The van der Waals surface area contributed by atoms with Crippen LogP contribution >= 0.6 is 23.2 Å². The lowest BCUT2D eigenvalue weighted by molar-refractivity contribution is -0.134. The van der Waals surface area contributed by atoms with Crippen molar-refractivity contribution < 1.29 is 9.90 Å². The van der Waals surface area contributed by atoms with Gasteiger partial charge in [0.05, 0.1) is 10.0 Å². The maximum atomic E-state index is 12.1. The van der Waals surface area contributed by atoms with Crippen molar-refractivity contribution >= 4 is 29.1 Å². The fourth-order valence-corrected chi connectivity index (χ4v) is 2.49. The number of amides is 1. The van der Waals surface area contributed by atoms with E-state index in [0.717, 1.165) is 12.8 Å². The molecule has 0 radical (unpaired) electrons. The Morgan fingerprint density at radius 1 is 1.26 bits per heavy atom. The van der Waals surface area contributed by atoms with Crippen LogP contribution in [0.4, 0.5) is 0 Å². The van der Waals surface area contributed by atoms with Gasteiger partial charge in [-0.15, -0.1) is 0 Å². The highest BCUT2D eigenvalue weighted by molar-refractivity contribution is 6.42. The largest absolute Gasteiger partial charge is 0.386 e. The van der Waals surface area contributed by atoms with Gasteiger partial charge in [0.1, 0.15) is 12.1 Å². The number of aliphatic hydroxyl groups excluding tert-OH is 1. The van der Waals surface area contributed by atoms with Crippen LogP contribution in [0.25, 0.3) is 0 Å². The van der Waals surface area contributed by atoms with Crippen LogP contribution in [0.3, 0.4) is 0 Å². The number of nitrogens with two attached hydrogens (primary N) is 1. The van der Waals surface area contributed by atoms with Crippen molar-refractivity contribution in [1.82, 2.24) is 4.90 Å². The summed E-state index contributed by atoms with van der Waals surface area (Å²) in [5, 5.41) is 10.9. The second-order valence-electron chi connectivity index (χ2n) is 4.68. The van der Waals surface area contributed by atoms with Crippen molar-refractivity contribution in [2.75, 3.05) is 13.1 Å². The second kappa shape index (κ2) is 6.09. The van der Waals surface area contributed by atoms with Gasteiger partial charge in [-0.1, -0.05) is 29.3 Å². The number of hydrogen-bond donors (Lipinski definition) is 2. The molecular formula is C13H16Cl2N2O2. The minimum absolute atomic E-state index is 0.226. The molecule has 1 aromatic rings. The van der Waals surface area contributed by atoms with Crippen molar-refractivity contribution in [2.45, 2.75) is 25.0 Å². The van der Waals surface area contributed by atoms with Gasteiger partial charge in [0.2, 0.25) is 5.91 Å². The molecule has 1 fully saturated rings. The van der Waals surface area contributed by atoms with Crippen LogP contribution < -0.4 is 5.73 Å². The Kier molecular flexibility index (Phi) is 4.68. The molecule has 3 N–H and O–H groups in total. The molecule has 1 amide bonds. The van der Waals surface area contributed by atoms with E-state index in [9.17, 15) is 9.90 Å². The van der Waals surface area contributed by atoms with Crippen LogP contribution in [-0.2, 0) is 4.79 Å². The number of benzene rings is 1. The molecule has 1 aromatic carbocycles. The number of nitrogens with zero attached hydrogens (tertiary/aromatic N) is 1. The van der Waals surface area contributed by atoms with Gasteiger partial charge in [-0.05, 0) is 30.5 Å². The van der Waals surface area contributed by atoms with Crippen molar-refractivity contribution in [3.05, 3.63) is 33.8 Å². The third-order valence-corrected chi connectivity index (χ3v) is 4.07. The summed E-state index contributed by atoms with van der Waals surface area (Å²) in [5.74, 6) is -0.226. The number of aliphatic hydroxyl groups is 1. The van der Waals surface area contributed by atoms with Crippen LogP contribution in [0, 0.1) is 0 Å². The van der Waals surface area contributed by atoms with Crippen molar-refractivity contribution in [3.63, 3.8) is 0 Å². The molecule has 1 aliphatic heterocycles. The first-order valence-electron chi connectivity index (χ1n) is 6.18. The lowest BCUT2D eigenvalue weighted by Gasteiger charge is -2.24. The predicted molar refractivity (Wildman–Crippen MR) is 75.2 cm³/mol. The Hall–Kier alpha value is -0.810. The lowest BCUT2D eigenvalue weighted by atomic mass is 10.0. The number of hydrogen-bond acceptors (Lipinski definition) is 3. The van der Waals surface area contributed by atoms with E-state index in [1.807, 2.05) is 0 Å². The zero-order valence-electron chi connectivity index (χ0n) is 10.4. The average Bonchev–Trinajstić information content (AvgIpc) is 2.93. The monoisotopic (exact) mass is 302 g/mol. The molecule has 0 unspecified atom stereocenters. The fourth-order valence-electron chi connectivity index (χ4n) is 2.19. The first-order chi connectivity index (χ1) is 9.00. The normalized spacial score (nSPS) is 18.4. The molecule has 0 aromatic heterocycles. The molecule has 0 aliphatic carbocycles. The van der Waals surface area contributed by atoms with E-state index in [0.29, 0.717) is 28.7 Å². The number of likely N-dealkylation sites (tertiary alicyclic amines) is 1. The molecule has 104 valence electrons. The molecule has 2 rings (SSSR count). The van der Waals surface area contributed by atoms with Gasteiger partial charge in [-0.3, -0.25) is 4.79 Å². The predicted octanol–water partition coefficient (Wildman–Crippen LogP) is 1.98. The highest BCUT2D eigenvalue weighted by Crippen LogP contribution is 2.27. The number of carbonyl (C=O) groups is 1. The Morgan fingerprint density at radius 3 is 2.47 bits per heavy atom. The number of halogens is 2. The van der Waals surface area contributed by atoms with Gasteiger partial charge in [-0.2, -0.15) is 0 Å². The topological polar surface area (TPSA) is 66.6 Å². The summed E-state index contributed by atoms with van der Waals surface area (Å²) in [6.07, 6.45) is 0.894. The van der Waals surface area contributed by atoms with Crippen LogP contribution in [0.15, 0.2) is 18.2 Å². The summed E-state index contributed by atoms with van der Waals surface area (Å²) >= 11 is 11.7. The van der Waals surface area contributed by atoms with Gasteiger partial charge >= 0.3 is 0 Å². The molecule has 0 bridgehead atoms. The van der Waals surface area contributed by atoms with Gasteiger partial charge in [0.25, 0.3) is 0 Å². The van der Waals surface area contributed by atoms with Gasteiger partial charge in [0.15, 0.2) is 0 Å². The Bertz CT molecular complexity index is 476. The Labute approximate surface area is 122 Å². The van der Waals surface area contributed by atoms with Crippen LogP contribution in [0.5, 0.6) is 0 Å². The SMILES string of the molecule is N[C@H](C(=O)N1CCCC1)[C@H](O)c1ccc(Cl)c(Cl)c1. The van der Waals surface area contributed by atoms with Gasteiger partial charge in [-0.25, -0.2) is 0 Å². The molecule has 0 saturated carbocycles. The first-order valence-corrected chi connectivity index (χ1v) is 6.93. The summed E-state index contributed by atoms with van der Waals surface area (Å²) < 4.78 is 0. The Morgan fingerprint density at radius 2 is 1.89 bits per heavy atom. The van der Waals surface area contributed by atoms with E-state index in [4.69, 9.17) is 28.9 Å². The number of carbonyl (C=O) groups excluding carboxylic acids is 1. The smallest absolute Gasteiger partial charge is 0.242 e. The van der Waals surface area contributed by atoms with Gasteiger partial charge in [0, 0.05) is 13.1 Å². The molecule has 0 spiro atoms. The molecular weight excluding hydrogens is 287 g/mol. The molecule has 1 heterocycles. The van der Waals surface area contributed by atoms with E-state index in [2.05, 4.69) is 0 Å². The van der Waals surface area contributed by atoms with Gasteiger partial charge < -0.3 is 15.7 Å². The van der Waals surface area contributed by atoms with Crippen molar-refractivity contribution in [1.29, 1.82) is 0 Å². The van der Waals surface area contributed by atoms with Crippen LogP contribution in [0.1, 0.15) is 24.5 Å². The molecule has 4 nitrogen and oxygen atoms in total. The van der Waals surface area contributed by atoms with Crippen molar-refractivity contribution in [3.8, 4) is 0 Å². The number of rotatable bonds is 3. The van der Waals surface area contributed by atoms with E-state index >= 15 is 0 Å². The lowest BCUT2D eigenvalue weighted by Crippen LogP contribution is -2.45. The van der Waals surface area contributed by atoms with Crippen LogP contribution in [-0.4, -0.2) is 35.0 Å².